The van der Waals surface area contributed by atoms with Gasteiger partial charge in [0, 0.05) is 6.07 Å². The van der Waals surface area contributed by atoms with E-state index >= 15 is 0 Å². The van der Waals surface area contributed by atoms with Crippen LogP contribution in [0.2, 0.25) is 0 Å². The lowest BCUT2D eigenvalue weighted by Gasteiger charge is -2.11. The normalized spacial score (nSPS) is 10.5. The average molecular weight is 391 g/mol. The van der Waals surface area contributed by atoms with E-state index < -0.39 is 0 Å². The van der Waals surface area contributed by atoms with Crippen molar-refractivity contribution >= 4 is 34.7 Å². The first-order chi connectivity index (χ1) is 12.7. The van der Waals surface area contributed by atoms with Gasteiger partial charge in [0.1, 0.15) is 11.5 Å². The fourth-order valence-corrected chi connectivity index (χ4v) is 3.45. The number of nitrogens with zero attached hydrogens (tertiary/aromatic N) is 2. The number of nitrogens with one attached hydrogen (secondary N) is 1. The number of aromatic nitrogens is 2. The maximum absolute atomic E-state index is 12.2. The maximum Gasteiger partial charge on any atom is 0.236 e. The van der Waals surface area contributed by atoms with E-state index in [9.17, 15) is 4.79 Å². The monoisotopic (exact) mass is 391 g/mol. The van der Waals surface area contributed by atoms with Crippen LogP contribution in [0.5, 0.6) is 11.5 Å². The van der Waals surface area contributed by atoms with Gasteiger partial charge in [-0.2, -0.15) is 4.98 Å². The molecule has 1 aromatic carbocycles. The molecule has 7 nitrogen and oxygen atoms in total. The number of amides is 1. The Labute approximate surface area is 158 Å². The first kappa shape index (κ1) is 18.3. The van der Waals surface area contributed by atoms with Crippen molar-refractivity contribution in [2.45, 2.75) is 5.75 Å². The zero-order chi connectivity index (χ0) is 18.4. The fraction of sp³-hybridized carbons (Fsp3) is 0.235. The lowest BCUT2D eigenvalue weighted by atomic mass is 10.2. The van der Waals surface area contributed by atoms with E-state index in [0.717, 1.165) is 4.88 Å². The summed E-state index contributed by atoms with van der Waals surface area (Å²) in [6.07, 6.45) is 0. The molecule has 0 atom stereocenters. The van der Waals surface area contributed by atoms with Gasteiger partial charge < -0.3 is 19.3 Å². The van der Waals surface area contributed by atoms with Gasteiger partial charge in [-0.3, -0.25) is 4.79 Å². The van der Waals surface area contributed by atoms with Gasteiger partial charge in [0.15, 0.2) is 0 Å². The summed E-state index contributed by atoms with van der Waals surface area (Å²) in [5, 5.41) is 8.72. The predicted octanol–water partition coefficient (Wildman–Crippen LogP) is 3.69. The van der Waals surface area contributed by atoms with Gasteiger partial charge in [0.25, 0.3) is 0 Å². The summed E-state index contributed by atoms with van der Waals surface area (Å²) in [7, 11) is 3.12. The summed E-state index contributed by atoms with van der Waals surface area (Å²) in [5.74, 6) is 2.83. The Hall–Kier alpha value is -2.52. The van der Waals surface area contributed by atoms with Crippen molar-refractivity contribution in [2.24, 2.45) is 0 Å². The molecule has 26 heavy (non-hydrogen) atoms. The standard InChI is InChI=1S/C17H17N3O4S2/c1-22-11-5-6-13(23-2)12(8-11)18-15(21)9-25-10-16-19-17(20-24-16)14-4-3-7-26-14/h3-8H,9-10H2,1-2H3,(H,18,21). The number of hydrogen-bond acceptors (Lipinski definition) is 8. The third-order valence-corrected chi connectivity index (χ3v) is 5.13. The highest BCUT2D eigenvalue weighted by Crippen LogP contribution is 2.29. The Kier molecular flexibility index (Phi) is 6.13. The van der Waals surface area contributed by atoms with Crippen molar-refractivity contribution in [2.75, 3.05) is 25.3 Å². The van der Waals surface area contributed by atoms with Crippen LogP contribution in [0.3, 0.4) is 0 Å². The summed E-state index contributed by atoms with van der Waals surface area (Å²) >= 11 is 2.94. The number of carbonyl (C=O) groups is 1. The molecule has 0 saturated heterocycles. The summed E-state index contributed by atoms with van der Waals surface area (Å²) in [4.78, 5) is 17.4. The van der Waals surface area contributed by atoms with Crippen LogP contribution in [-0.4, -0.2) is 36.0 Å². The smallest absolute Gasteiger partial charge is 0.236 e. The van der Waals surface area contributed by atoms with E-state index in [2.05, 4.69) is 15.5 Å². The average Bonchev–Trinajstić information content (AvgIpc) is 3.33. The number of rotatable bonds is 8. The Balaban J connectivity index is 1.52. The van der Waals surface area contributed by atoms with Crippen molar-refractivity contribution < 1.29 is 18.8 Å². The molecule has 0 aliphatic heterocycles. The number of hydrogen-bond donors (Lipinski definition) is 1. The number of methoxy groups -OCH3 is 2. The molecular weight excluding hydrogens is 374 g/mol. The second kappa shape index (κ2) is 8.72. The molecule has 0 fully saturated rings. The third-order valence-electron chi connectivity index (χ3n) is 3.35. The molecule has 0 bridgehead atoms. The van der Waals surface area contributed by atoms with Gasteiger partial charge in [-0.1, -0.05) is 11.2 Å². The number of carbonyl (C=O) groups excluding carboxylic acids is 1. The quantitative estimate of drug-likeness (QED) is 0.627. The summed E-state index contributed by atoms with van der Waals surface area (Å²) in [6.45, 7) is 0. The molecule has 9 heteroatoms. The largest absolute Gasteiger partial charge is 0.497 e. The van der Waals surface area contributed by atoms with E-state index in [1.165, 1.54) is 11.8 Å². The molecule has 1 N–H and O–H groups in total. The predicted molar refractivity (Wildman–Crippen MR) is 102 cm³/mol. The van der Waals surface area contributed by atoms with Gasteiger partial charge in [-0.15, -0.1) is 23.1 Å². The molecule has 0 aliphatic carbocycles. The van der Waals surface area contributed by atoms with Crippen molar-refractivity contribution in [3.8, 4) is 22.2 Å². The highest BCUT2D eigenvalue weighted by atomic mass is 32.2. The molecule has 3 aromatic rings. The number of ether oxygens (including phenoxy) is 2. The van der Waals surface area contributed by atoms with Crippen LogP contribution in [0.4, 0.5) is 5.69 Å². The fourth-order valence-electron chi connectivity index (χ4n) is 2.15. The minimum atomic E-state index is -0.153. The second-order valence-corrected chi connectivity index (χ2v) is 7.03. The molecule has 2 aromatic heterocycles. The number of benzene rings is 1. The Morgan fingerprint density at radius 3 is 2.92 bits per heavy atom. The van der Waals surface area contributed by atoms with Crippen LogP contribution < -0.4 is 14.8 Å². The molecule has 3 rings (SSSR count). The van der Waals surface area contributed by atoms with Crippen LogP contribution in [0.25, 0.3) is 10.7 Å². The van der Waals surface area contributed by atoms with Crippen molar-refractivity contribution in [1.29, 1.82) is 0 Å². The van der Waals surface area contributed by atoms with Gasteiger partial charge in [-0.25, -0.2) is 0 Å². The van der Waals surface area contributed by atoms with Gasteiger partial charge in [0.05, 0.1) is 36.3 Å². The lowest BCUT2D eigenvalue weighted by Crippen LogP contribution is -2.15. The number of thiophene rings is 1. The summed E-state index contributed by atoms with van der Waals surface area (Å²) < 4.78 is 15.6. The lowest BCUT2D eigenvalue weighted by molar-refractivity contribution is -0.113. The van der Waals surface area contributed by atoms with Crippen LogP contribution in [-0.2, 0) is 10.5 Å². The zero-order valence-corrected chi connectivity index (χ0v) is 15.9. The van der Waals surface area contributed by atoms with E-state index in [0.29, 0.717) is 34.7 Å². The molecule has 2 heterocycles. The van der Waals surface area contributed by atoms with Gasteiger partial charge in [-0.05, 0) is 23.6 Å². The molecule has 0 unspecified atom stereocenters. The highest BCUT2D eigenvalue weighted by Gasteiger charge is 2.12. The molecule has 136 valence electrons. The zero-order valence-electron chi connectivity index (χ0n) is 14.2. The van der Waals surface area contributed by atoms with Crippen LogP contribution in [0.15, 0.2) is 40.2 Å². The Morgan fingerprint density at radius 1 is 1.31 bits per heavy atom. The Morgan fingerprint density at radius 2 is 2.19 bits per heavy atom. The van der Waals surface area contributed by atoms with E-state index in [1.807, 2.05) is 17.5 Å². The molecule has 0 saturated carbocycles. The van der Waals surface area contributed by atoms with Crippen LogP contribution >= 0.6 is 23.1 Å². The number of thioether (sulfide) groups is 1. The van der Waals surface area contributed by atoms with Crippen LogP contribution in [0.1, 0.15) is 5.89 Å². The van der Waals surface area contributed by atoms with Gasteiger partial charge >= 0.3 is 0 Å². The Bertz CT molecular complexity index is 865. The first-order valence-electron chi connectivity index (χ1n) is 7.65. The van der Waals surface area contributed by atoms with Crippen molar-refractivity contribution in [3.63, 3.8) is 0 Å². The molecular formula is C17H17N3O4S2. The first-order valence-corrected chi connectivity index (χ1v) is 9.69. The molecule has 0 radical (unpaired) electrons. The van der Waals surface area contributed by atoms with Crippen molar-refractivity contribution in [3.05, 3.63) is 41.6 Å². The summed E-state index contributed by atoms with van der Waals surface area (Å²) in [6, 6.07) is 9.09. The molecule has 0 aliphatic rings. The molecule has 1 amide bonds. The number of anilines is 1. The second-order valence-electron chi connectivity index (χ2n) is 5.10. The SMILES string of the molecule is COc1ccc(OC)c(NC(=O)CSCc2nc(-c3cccs3)no2)c1. The van der Waals surface area contributed by atoms with Gasteiger partial charge in [0.2, 0.25) is 17.6 Å². The van der Waals surface area contributed by atoms with E-state index in [1.54, 1.807) is 43.8 Å². The molecule has 0 spiro atoms. The van der Waals surface area contributed by atoms with Crippen LogP contribution in [0, 0.1) is 0 Å². The minimum Gasteiger partial charge on any atom is -0.497 e. The van der Waals surface area contributed by atoms with E-state index in [4.69, 9.17) is 14.0 Å². The topological polar surface area (TPSA) is 86.5 Å². The minimum absolute atomic E-state index is 0.153. The summed E-state index contributed by atoms with van der Waals surface area (Å²) in [5.41, 5.74) is 0.565. The highest BCUT2D eigenvalue weighted by molar-refractivity contribution is 7.99. The maximum atomic E-state index is 12.2. The van der Waals surface area contributed by atoms with Crippen molar-refractivity contribution in [1.82, 2.24) is 10.1 Å². The third kappa shape index (κ3) is 4.55. The van der Waals surface area contributed by atoms with E-state index in [-0.39, 0.29) is 11.7 Å².